The third-order valence-electron chi connectivity index (χ3n) is 9.81. The maximum atomic E-state index is 12.8. The molecule has 0 bridgehead atoms. The van der Waals surface area contributed by atoms with Gasteiger partial charge in [-0.3, -0.25) is 0 Å². The first-order valence-corrected chi connectivity index (χ1v) is 13.4. The first kappa shape index (κ1) is 25.3. The molecule has 0 aromatic carbocycles. The Labute approximate surface area is 199 Å². The van der Waals surface area contributed by atoms with Gasteiger partial charge in [-0.2, -0.15) is 0 Å². The molecule has 4 rings (SSSR count). The van der Waals surface area contributed by atoms with E-state index in [4.69, 9.17) is 0 Å². The van der Waals surface area contributed by atoms with E-state index < -0.39 is 18.6 Å². The molecule has 1 heterocycles. The van der Waals surface area contributed by atoms with Crippen LogP contribution in [0.25, 0.3) is 0 Å². The molecule has 188 valence electrons. The Morgan fingerprint density at radius 2 is 1.91 bits per heavy atom. The normalized spacial score (nSPS) is 43.5. The van der Waals surface area contributed by atoms with E-state index in [1.54, 1.807) is 5.57 Å². The van der Waals surface area contributed by atoms with Crippen LogP contribution in [-0.2, 0) is 0 Å². The quantitative estimate of drug-likeness (QED) is 0.519. The second-order valence-corrected chi connectivity index (χ2v) is 12.0. The second-order valence-electron chi connectivity index (χ2n) is 12.0. The van der Waals surface area contributed by atoms with Crippen LogP contribution in [0.1, 0.15) is 78.6 Å². The minimum Gasteiger partial charge on any atom is -0.393 e. The molecule has 0 amide bonds. The van der Waals surface area contributed by atoms with Crippen LogP contribution in [0.15, 0.2) is 23.3 Å². The SMILES string of the molecule is CC(CN1CCC(CC(F)F)C1)[C@H]1CC[C@H]2C(=C/C=C3/C[C@@H](O)C[C@H](O)C3C)CCC[C@]12C. The van der Waals surface area contributed by atoms with Gasteiger partial charge in [0, 0.05) is 31.8 Å². The van der Waals surface area contributed by atoms with Gasteiger partial charge in [-0.05, 0) is 80.6 Å². The van der Waals surface area contributed by atoms with E-state index in [-0.39, 0.29) is 18.3 Å². The fourth-order valence-corrected chi connectivity index (χ4v) is 7.98. The van der Waals surface area contributed by atoms with Crippen molar-refractivity contribution in [2.75, 3.05) is 19.6 Å². The number of alkyl halides is 2. The maximum absolute atomic E-state index is 12.8. The minimum atomic E-state index is -2.17. The first-order chi connectivity index (χ1) is 15.7. The van der Waals surface area contributed by atoms with Gasteiger partial charge in [-0.1, -0.05) is 44.1 Å². The summed E-state index contributed by atoms with van der Waals surface area (Å²) in [4.78, 5) is 2.44. The summed E-state index contributed by atoms with van der Waals surface area (Å²) in [7, 11) is 0. The third-order valence-corrected chi connectivity index (χ3v) is 9.81. The smallest absolute Gasteiger partial charge is 0.238 e. The number of halogens is 2. The molecule has 1 aliphatic heterocycles. The van der Waals surface area contributed by atoms with Crippen molar-refractivity contribution in [3.05, 3.63) is 23.3 Å². The summed E-state index contributed by atoms with van der Waals surface area (Å²) in [6, 6.07) is 0. The van der Waals surface area contributed by atoms with E-state index in [2.05, 4.69) is 37.8 Å². The van der Waals surface area contributed by atoms with Crippen LogP contribution in [0.5, 0.6) is 0 Å². The molecule has 3 aliphatic carbocycles. The largest absolute Gasteiger partial charge is 0.393 e. The highest BCUT2D eigenvalue weighted by Gasteiger charge is 2.50. The number of rotatable bonds is 6. The van der Waals surface area contributed by atoms with Crippen molar-refractivity contribution in [1.82, 2.24) is 4.90 Å². The van der Waals surface area contributed by atoms with Gasteiger partial charge in [-0.25, -0.2) is 8.78 Å². The summed E-state index contributed by atoms with van der Waals surface area (Å²) in [5.74, 6) is 2.18. The Morgan fingerprint density at radius 1 is 1.15 bits per heavy atom. The number of aliphatic hydroxyl groups is 2. The topological polar surface area (TPSA) is 43.7 Å². The molecule has 1 saturated heterocycles. The van der Waals surface area contributed by atoms with Crippen molar-refractivity contribution in [3.63, 3.8) is 0 Å². The summed E-state index contributed by atoms with van der Waals surface area (Å²) < 4.78 is 25.6. The Balaban J connectivity index is 1.41. The summed E-state index contributed by atoms with van der Waals surface area (Å²) in [5.41, 5.74) is 3.06. The van der Waals surface area contributed by atoms with Crippen molar-refractivity contribution in [1.29, 1.82) is 0 Å². The second kappa shape index (κ2) is 10.5. The minimum absolute atomic E-state index is 0.0600. The lowest BCUT2D eigenvalue weighted by Gasteiger charge is -2.45. The lowest BCUT2D eigenvalue weighted by molar-refractivity contribution is 0.0333. The van der Waals surface area contributed by atoms with Gasteiger partial charge in [-0.15, -0.1) is 0 Å². The molecule has 4 fully saturated rings. The number of fused-ring (bicyclic) bond motifs is 1. The highest BCUT2D eigenvalue weighted by Crippen LogP contribution is 2.59. The fraction of sp³-hybridized carbons (Fsp3) is 0.857. The van der Waals surface area contributed by atoms with Crippen LogP contribution in [0.2, 0.25) is 0 Å². The van der Waals surface area contributed by atoms with E-state index in [0.717, 1.165) is 32.5 Å². The monoisotopic (exact) mass is 465 g/mol. The van der Waals surface area contributed by atoms with Gasteiger partial charge in [0.2, 0.25) is 6.43 Å². The molecule has 8 atom stereocenters. The zero-order valence-corrected chi connectivity index (χ0v) is 20.9. The maximum Gasteiger partial charge on any atom is 0.238 e. The number of likely N-dealkylation sites (tertiary alicyclic amines) is 1. The van der Waals surface area contributed by atoms with E-state index >= 15 is 0 Å². The highest BCUT2D eigenvalue weighted by molar-refractivity contribution is 5.27. The number of allylic oxidation sites excluding steroid dienone is 3. The molecule has 4 aliphatic rings. The number of hydrogen-bond donors (Lipinski definition) is 2. The van der Waals surface area contributed by atoms with Gasteiger partial charge >= 0.3 is 0 Å². The molecule has 3 unspecified atom stereocenters. The molecule has 0 spiro atoms. The predicted octanol–water partition coefficient (Wildman–Crippen LogP) is 5.82. The van der Waals surface area contributed by atoms with Gasteiger partial charge in [0.1, 0.15) is 0 Å². The van der Waals surface area contributed by atoms with Crippen molar-refractivity contribution in [2.24, 2.45) is 35.0 Å². The molecule has 5 heteroatoms. The van der Waals surface area contributed by atoms with E-state index in [1.807, 2.05) is 0 Å². The van der Waals surface area contributed by atoms with Gasteiger partial charge in [0.15, 0.2) is 0 Å². The first-order valence-electron chi connectivity index (χ1n) is 13.4. The summed E-state index contributed by atoms with van der Waals surface area (Å²) in [5, 5.41) is 20.4. The lowest BCUT2D eigenvalue weighted by Crippen LogP contribution is -2.39. The molecular weight excluding hydrogens is 420 g/mol. The molecule has 3 saturated carbocycles. The predicted molar refractivity (Wildman–Crippen MR) is 129 cm³/mol. The van der Waals surface area contributed by atoms with Gasteiger partial charge < -0.3 is 15.1 Å². The highest BCUT2D eigenvalue weighted by atomic mass is 19.3. The summed E-state index contributed by atoms with van der Waals surface area (Å²) >= 11 is 0. The molecule has 0 aromatic rings. The van der Waals surface area contributed by atoms with Crippen LogP contribution in [0.3, 0.4) is 0 Å². The molecule has 3 nitrogen and oxygen atoms in total. The standard InChI is InChI=1S/C28H45F2NO2/c1-18(16-31-12-10-20(17-31)13-27(29)30)24-8-9-25-21(5-4-11-28(24,25)3)6-7-22-14-23(32)15-26(33)19(22)2/h6-7,18-20,23-27,32-33H,4-5,8-17H2,1-3H3/b21-6?,22-7-/t18?,19?,20?,23-,24-,25+,26+,28-/m1/s1. The number of aliphatic hydroxyl groups excluding tert-OH is 2. The zero-order valence-electron chi connectivity index (χ0n) is 20.9. The van der Waals surface area contributed by atoms with E-state index in [1.165, 1.54) is 31.3 Å². The average molecular weight is 466 g/mol. The average Bonchev–Trinajstić information content (AvgIpc) is 3.32. The molecule has 0 radical (unpaired) electrons. The fourth-order valence-electron chi connectivity index (χ4n) is 7.98. The van der Waals surface area contributed by atoms with Crippen LogP contribution in [-0.4, -0.2) is 53.4 Å². The Bertz CT molecular complexity index is 737. The van der Waals surface area contributed by atoms with Crippen molar-refractivity contribution in [3.8, 4) is 0 Å². The molecule has 2 N–H and O–H groups in total. The van der Waals surface area contributed by atoms with Crippen molar-refractivity contribution < 1.29 is 19.0 Å². The molecule has 0 aromatic heterocycles. The number of nitrogens with zero attached hydrogens (tertiary/aromatic N) is 1. The van der Waals surface area contributed by atoms with Gasteiger partial charge in [0.25, 0.3) is 0 Å². The van der Waals surface area contributed by atoms with Gasteiger partial charge in [0.05, 0.1) is 12.2 Å². The summed E-state index contributed by atoms with van der Waals surface area (Å²) in [6.45, 7) is 9.84. The molecule has 33 heavy (non-hydrogen) atoms. The van der Waals surface area contributed by atoms with Crippen LogP contribution in [0.4, 0.5) is 8.78 Å². The van der Waals surface area contributed by atoms with Crippen molar-refractivity contribution >= 4 is 0 Å². The zero-order chi connectivity index (χ0) is 23.8. The Morgan fingerprint density at radius 3 is 2.67 bits per heavy atom. The molecular formula is C28H45F2NO2. The van der Waals surface area contributed by atoms with Crippen molar-refractivity contribution in [2.45, 2.75) is 97.2 Å². The van der Waals surface area contributed by atoms with Crippen LogP contribution in [0, 0.1) is 35.0 Å². The lowest BCUT2D eigenvalue weighted by atomic mass is 9.61. The number of hydrogen-bond acceptors (Lipinski definition) is 3. The van der Waals surface area contributed by atoms with Crippen LogP contribution >= 0.6 is 0 Å². The Hall–Kier alpha value is -0.780. The summed E-state index contributed by atoms with van der Waals surface area (Å²) in [6.07, 6.45) is 9.80. The van der Waals surface area contributed by atoms with E-state index in [9.17, 15) is 19.0 Å². The third kappa shape index (κ3) is 5.56. The van der Waals surface area contributed by atoms with Crippen LogP contribution < -0.4 is 0 Å². The Kier molecular flexibility index (Phi) is 8.02. The van der Waals surface area contributed by atoms with E-state index in [0.29, 0.717) is 36.0 Å².